The summed E-state index contributed by atoms with van der Waals surface area (Å²) in [7, 11) is 0. The molecular formula is C12H16N2OS. The number of furan rings is 1. The van der Waals surface area contributed by atoms with Crippen molar-refractivity contribution in [3.63, 3.8) is 0 Å². The van der Waals surface area contributed by atoms with Crippen molar-refractivity contribution in [3.05, 3.63) is 40.2 Å². The van der Waals surface area contributed by atoms with Crippen molar-refractivity contribution in [2.24, 2.45) is 0 Å². The van der Waals surface area contributed by atoms with Crippen LogP contribution >= 0.6 is 11.3 Å². The molecule has 2 aromatic heterocycles. The van der Waals surface area contributed by atoms with Gasteiger partial charge in [-0.25, -0.2) is 4.98 Å². The van der Waals surface area contributed by atoms with Crippen LogP contribution in [0.25, 0.3) is 0 Å². The lowest BCUT2D eigenvalue weighted by molar-refractivity contribution is 0.442. The van der Waals surface area contributed by atoms with E-state index in [1.807, 2.05) is 18.3 Å². The molecule has 0 aliphatic rings. The highest BCUT2D eigenvalue weighted by Crippen LogP contribution is 2.22. The molecule has 0 radical (unpaired) electrons. The minimum absolute atomic E-state index is 0.323. The van der Waals surface area contributed by atoms with Crippen LogP contribution < -0.4 is 5.32 Å². The van der Waals surface area contributed by atoms with E-state index in [2.05, 4.69) is 24.1 Å². The summed E-state index contributed by atoms with van der Waals surface area (Å²) < 4.78 is 5.29. The van der Waals surface area contributed by atoms with E-state index >= 15 is 0 Å². The van der Waals surface area contributed by atoms with Gasteiger partial charge in [0.1, 0.15) is 10.8 Å². The zero-order chi connectivity index (χ0) is 11.4. The number of rotatable bonds is 5. The molecule has 0 aliphatic carbocycles. The van der Waals surface area contributed by atoms with Crippen LogP contribution in [0.3, 0.4) is 0 Å². The normalized spacial score (nSPS) is 12.9. The van der Waals surface area contributed by atoms with Crippen LogP contribution in [0.5, 0.6) is 0 Å². The molecule has 2 heterocycles. The van der Waals surface area contributed by atoms with E-state index in [0.717, 1.165) is 23.7 Å². The fraction of sp³-hybridized carbons (Fsp3) is 0.417. The van der Waals surface area contributed by atoms with Gasteiger partial charge < -0.3 is 9.73 Å². The molecule has 2 aromatic rings. The Morgan fingerprint density at radius 1 is 1.56 bits per heavy atom. The van der Waals surface area contributed by atoms with Crippen LogP contribution in [0, 0.1) is 6.92 Å². The lowest BCUT2D eigenvalue weighted by Gasteiger charge is -2.12. The maximum absolute atomic E-state index is 5.29. The summed E-state index contributed by atoms with van der Waals surface area (Å²) >= 11 is 1.75. The van der Waals surface area contributed by atoms with Gasteiger partial charge in [-0.15, -0.1) is 11.3 Å². The second kappa shape index (κ2) is 5.27. The Morgan fingerprint density at radius 2 is 2.44 bits per heavy atom. The third-order valence-electron chi connectivity index (χ3n) is 2.45. The number of hydrogen-bond acceptors (Lipinski definition) is 4. The fourth-order valence-electron chi connectivity index (χ4n) is 1.58. The second-order valence-electron chi connectivity index (χ2n) is 3.73. The van der Waals surface area contributed by atoms with E-state index in [4.69, 9.17) is 4.42 Å². The number of aryl methyl sites for hydroxylation is 1. The average molecular weight is 236 g/mol. The predicted molar refractivity (Wildman–Crippen MR) is 65.4 cm³/mol. The maximum atomic E-state index is 5.29. The molecule has 4 heteroatoms. The largest absolute Gasteiger partial charge is 0.468 e. The van der Waals surface area contributed by atoms with E-state index in [1.54, 1.807) is 17.6 Å². The molecule has 0 fully saturated rings. The molecule has 0 bridgehead atoms. The molecular weight excluding hydrogens is 220 g/mol. The topological polar surface area (TPSA) is 38.1 Å². The van der Waals surface area contributed by atoms with Crippen LogP contribution in [0.4, 0.5) is 0 Å². The molecule has 3 nitrogen and oxygen atoms in total. The lowest BCUT2D eigenvalue weighted by Crippen LogP contribution is -2.19. The van der Waals surface area contributed by atoms with Gasteiger partial charge in [0, 0.05) is 11.1 Å². The third kappa shape index (κ3) is 2.71. The molecule has 1 atom stereocenters. The Balaban J connectivity index is 1.96. The molecule has 0 saturated heterocycles. The highest BCUT2D eigenvalue weighted by molar-refractivity contribution is 7.11. The van der Waals surface area contributed by atoms with Crippen molar-refractivity contribution in [1.82, 2.24) is 10.3 Å². The van der Waals surface area contributed by atoms with Gasteiger partial charge in [0.25, 0.3) is 0 Å². The van der Waals surface area contributed by atoms with E-state index in [9.17, 15) is 0 Å². The van der Waals surface area contributed by atoms with Gasteiger partial charge in [0.05, 0.1) is 18.8 Å². The third-order valence-corrected chi connectivity index (χ3v) is 3.47. The number of thiazole rings is 1. The predicted octanol–water partition coefficient (Wildman–Crippen LogP) is 3.29. The molecule has 16 heavy (non-hydrogen) atoms. The summed E-state index contributed by atoms with van der Waals surface area (Å²) in [5.74, 6) is 0.965. The molecule has 1 N–H and O–H groups in total. The Kier molecular flexibility index (Phi) is 3.74. The fourth-order valence-corrected chi connectivity index (χ4v) is 2.51. The number of nitrogens with one attached hydrogen (secondary N) is 1. The minimum Gasteiger partial charge on any atom is -0.468 e. The van der Waals surface area contributed by atoms with E-state index in [1.165, 1.54) is 4.88 Å². The zero-order valence-corrected chi connectivity index (χ0v) is 10.4. The van der Waals surface area contributed by atoms with Crippen LogP contribution in [0.1, 0.15) is 35.0 Å². The second-order valence-corrected chi connectivity index (χ2v) is 5.00. The first kappa shape index (κ1) is 11.4. The summed E-state index contributed by atoms with van der Waals surface area (Å²) in [6.07, 6.45) is 4.66. The van der Waals surface area contributed by atoms with Crippen LogP contribution in [-0.4, -0.2) is 4.98 Å². The van der Waals surface area contributed by atoms with Gasteiger partial charge in [-0.3, -0.25) is 0 Å². The molecule has 0 saturated carbocycles. The summed E-state index contributed by atoms with van der Waals surface area (Å²) in [5, 5.41) is 4.61. The van der Waals surface area contributed by atoms with E-state index in [0.29, 0.717) is 6.04 Å². The molecule has 0 spiro atoms. The summed E-state index contributed by atoms with van der Waals surface area (Å²) in [5.41, 5.74) is 0. The van der Waals surface area contributed by atoms with Crippen molar-refractivity contribution in [3.8, 4) is 0 Å². The summed E-state index contributed by atoms with van der Waals surface area (Å²) in [6.45, 7) is 5.00. The van der Waals surface area contributed by atoms with Crippen LogP contribution in [0.2, 0.25) is 0 Å². The standard InChI is InChI=1S/C12H16N2OS/c1-3-11(12-14-7-9(2)16-12)13-8-10-5-4-6-15-10/h4-7,11,13H,3,8H2,1-2H3. The quantitative estimate of drug-likeness (QED) is 0.865. The first-order valence-electron chi connectivity index (χ1n) is 5.47. The molecule has 0 amide bonds. The molecule has 0 aliphatic heterocycles. The Labute approximate surface area is 99.5 Å². The zero-order valence-electron chi connectivity index (χ0n) is 9.56. The SMILES string of the molecule is CCC(NCc1ccco1)c1ncc(C)s1. The van der Waals surface area contributed by atoms with E-state index < -0.39 is 0 Å². The highest BCUT2D eigenvalue weighted by atomic mass is 32.1. The number of nitrogens with zero attached hydrogens (tertiary/aromatic N) is 1. The van der Waals surface area contributed by atoms with Crippen molar-refractivity contribution < 1.29 is 4.42 Å². The molecule has 1 unspecified atom stereocenters. The summed E-state index contributed by atoms with van der Waals surface area (Å²) in [6, 6.07) is 4.21. The molecule has 2 rings (SSSR count). The van der Waals surface area contributed by atoms with E-state index in [-0.39, 0.29) is 0 Å². The Hall–Kier alpha value is -1.13. The minimum atomic E-state index is 0.323. The van der Waals surface area contributed by atoms with Gasteiger partial charge in [-0.1, -0.05) is 6.92 Å². The smallest absolute Gasteiger partial charge is 0.117 e. The van der Waals surface area contributed by atoms with Gasteiger partial charge in [0.15, 0.2) is 0 Å². The highest BCUT2D eigenvalue weighted by Gasteiger charge is 2.12. The average Bonchev–Trinajstić information content (AvgIpc) is 2.91. The first-order chi connectivity index (χ1) is 7.79. The van der Waals surface area contributed by atoms with Crippen molar-refractivity contribution in [2.75, 3.05) is 0 Å². The lowest BCUT2D eigenvalue weighted by atomic mass is 10.2. The van der Waals surface area contributed by atoms with Crippen LogP contribution in [-0.2, 0) is 6.54 Å². The monoisotopic (exact) mass is 236 g/mol. The molecule has 86 valence electrons. The van der Waals surface area contributed by atoms with Crippen molar-refractivity contribution >= 4 is 11.3 Å². The van der Waals surface area contributed by atoms with Gasteiger partial charge in [0.2, 0.25) is 0 Å². The number of hydrogen-bond donors (Lipinski definition) is 1. The van der Waals surface area contributed by atoms with Crippen molar-refractivity contribution in [1.29, 1.82) is 0 Å². The first-order valence-corrected chi connectivity index (χ1v) is 6.29. The van der Waals surface area contributed by atoms with Gasteiger partial charge >= 0.3 is 0 Å². The maximum Gasteiger partial charge on any atom is 0.117 e. The molecule has 0 aromatic carbocycles. The van der Waals surface area contributed by atoms with Gasteiger partial charge in [-0.2, -0.15) is 0 Å². The van der Waals surface area contributed by atoms with Crippen molar-refractivity contribution in [2.45, 2.75) is 32.9 Å². The van der Waals surface area contributed by atoms with Crippen LogP contribution in [0.15, 0.2) is 29.0 Å². The Bertz CT molecular complexity index is 422. The summed E-state index contributed by atoms with van der Waals surface area (Å²) in [4.78, 5) is 5.67. The number of aromatic nitrogens is 1. The van der Waals surface area contributed by atoms with Gasteiger partial charge in [-0.05, 0) is 25.5 Å². The Morgan fingerprint density at radius 3 is 3.00 bits per heavy atom.